The van der Waals surface area contributed by atoms with Gasteiger partial charge in [-0.3, -0.25) is 9.59 Å². The molecule has 2 aliphatic carbocycles. The third-order valence-electron chi connectivity index (χ3n) is 6.28. The first-order valence-electron chi connectivity index (χ1n) is 11.2. The van der Waals surface area contributed by atoms with Crippen LogP contribution in [0.15, 0.2) is 48.5 Å². The van der Waals surface area contributed by atoms with E-state index in [1.54, 1.807) is 0 Å². The maximum absolute atomic E-state index is 12.6. The number of ether oxygens (including phenoxy) is 1. The average Bonchev–Trinajstić information content (AvgIpc) is 3.60. The number of rotatable bonds is 10. The fourth-order valence-corrected chi connectivity index (χ4v) is 4.52. The number of benzene rings is 2. The minimum Gasteiger partial charge on any atom is -0.480 e. The third kappa shape index (κ3) is 5.34. The number of hydrogen-bond acceptors (Lipinski definition) is 5. The SMILES string of the molecule is O=C(O)CN(CCO)C(=O)CC(NC(=O)OCC1c2ccccc2-c2ccccc21)C1CC1. The van der Waals surface area contributed by atoms with Crippen molar-refractivity contribution in [3.8, 4) is 11.1 Å². The molecule has 0 aromatic heterocycles. The van der Waals surface area contributed by atoms with Crippen molar-refractivity contribution in [3.05, 3.63) is 59.7 Å². The molecule has 2 aromatic carbocycles. The fraction of sp³-hybridized carbons (Fsp3) is 0.400. The Morgan fingerprint density at radius 1 is 1.03 bits per heavy atom. The summed E-state index contributed by atoms with van der Waals surface area (Å²) in [6.07, 6.45) is 1.16. The second-order valence-electron chi connectivity index (χ2n) is 8.55. The summed E-state index contributed by atoms with van der Waals surface area (Å²) < 4.78 is 5.59. The lowest BCUT2D eigenvalue weighted by molar-refractivity contribution is -0.145. The highest BCUT2D eigenvalue weighted by atomic mass is 16.5. The van der Waals surface area contributed by atoms with Gasteiger partial charge in [-0.05, 0) is 41.0 Å². The largest absolute Gasteiger partial charge is 0.480 e. The number of aliphatic hydroxyl groups is 1. The predicted molar refractivity (Wildman–Crippen MR) is 121 cm³/mol. The van der Waals surface area contributed by atoms with Crippen molar-refractivity contribution in [1.29, 1.82) is 0 Å². The van der Waals surface area contributed by atoms with Crippen molar-refractivity contribution in [3.63, 3.8) is 0 Å². The third-order valence-corrected chi connectivity index (χ3v) is 6.28. The van der Waals surface area contributed by atoms with Gasteiger partial charge in [0.25, 0.3) is 0 Å². The number of carbonyl (C=O) groups is 3. The topological polar surface area (TPSA) is 116 Å². The maximum atomic E-state index is 12.6. The van der Waals surface area contributed by atoms with Gasteiger partial charge >= 0.3 is 12.1 Å². The average molecular weight is 453 g/mol. The number of nitrogens with zero attached hydrogens (tertiary/aromatic N) is 1. The van der Waals surface area contributed by atoms with Crippen LogP contribution in [0.25, 0.3) is 11.1 Å². The molecule has 1 fully saturated rings. The molecular formula is C25H28N2O6. The minimum atomic E-state index is -1.15. The van der Waals surface area contributed by atoms with Gasteiger partial charge < -0.3 is 25.2 Å². The Morgan fingerprint density at radius 2 is 1.64 bits per heavy atom. The zero-order valence-corrected chi connectivity index (χ0v) is 18.3. The molecule has 2 aliphatic rings. The Kier molecular flexibility index (Phi) is 6.93. The number of fused-ring (bicyclic) bond motifs is 3. The fourth-order valence-electron chi connectivity index (χ4n) is 4.52. The Labute approximate surface area is 192 Å². The van der Waals surface area contributed by atoms with Crippen molar-refractivity contribution in [2.24, 2.45) is 5.92 Å². The van der Waals surface area contributed by atoms with Gasteiger partial charge in [-0.25, -0.2) is 4.79 Å². The summed E-state index contributed by atoms with van der Waals surface area (Å²) in [6.45, 7) is -0.692. The number of carboxylic acids is 1. The summed E-state index contributed by atoms with van der Waals surface area (Å²) in [5, 5.41) is 21.0. The quantitative estimate of drug-likeness (QED) is 0.510. The molecule has 1 saturated carbocycles. The monoisotopic (exact) mass is 452 g/mol. The number of aliphatic carboxylic acids is 1. The first-order chi connectivity index (χ1) is 16.0. The molecule has 0 spiro atoms. The molecule has 8 nitrogen and oxygen atoms in total. The summed E-state index contributed by atoms with van der Waals surface area (Å²) >= 11 is 0. The Morgan fingerprint density at radius 3 is 2.18 bits per heavy atom. The number of carbonyl (C=O) groups excluding carboxylic acids is 2. The highest BCUT2D eigenvalue weighted by Gasteiger charge is 2.36. The number of carboxylic acid groups (broad SMARTS) is 1. The summed E-state index contributed by atoms with van der Waals surface area (Å²) in [7, 11) is 0. The van der Waals surface area contributed by atoms with E-state index < -0.39 is 30.6 Å². The standard InChI is InChI=1S/C25H28N2O6/c28-12-11-27(14-24(30)31)23(29)13-22(16-9-10-16)26-25(32)33-15-21-19-7-3-1-5-17(19)18-6-2-4-8-20(18)21/h1-8,16,21-22,28H,9-15H2,(H,26,32)(H,30,31). The van der Waals surface area contributed by atoms with Crippen LogP contribution in [0.3, 0.4) is 0 Å². The van der Waals surface area contributed by atoms with E-state index in [-0.39, 0.29) is 38.0 Å². The molecule has 0 saturated heterocycles. The van der Waals surface area contributed by atoms with Crippen LogP contribution in [0.4, 0.5) is 4.79 Å². The van der Waals surface area contributed by atoms with Crippen molar-refractivity contribution >= 4 is 18.0 Å². The second-order valence-corrected chi connectivity index (χ2v) is 8.55. The van der Waals surface area contributed by atoms with Crippen LogP contribution >= 0.6 is 0 Å². The van der Waals surface area contributed by atoms with Crippen LogP contribution < -0.4 is 5.32 Å². The van der Waals surface area contributed by atoms with Crippen LogP contribution in [0.5, 0.6) is 0 Å². The van der Waals surface area contributed by atoms with E-state index in [4.69, 9.17) is 14.9 Å². The summed E-state index contributed by atoms with van der Waals surface area (Å²) in [5.74, 6) is -1.46. The molecule has 0 radical (unpaired) electrons. The van der Waals surface area contributed by atoms with Gasteiger partial charge in [0.1, 0.15) is 13.2 Å². The predicted octanol–water partition coefficient (Wildman–Crippen LogP) is 2.60. The van der Waals surface area contributed by atoms with Gasteiger partial charge in [0.15, 0.2) is 0 Å². The van der Waals surface area contributed by atoms with Crippen LogP contribution in [-0.2, 0) is 14.3 Å². The van der Waals surface area contributed by atoms with Gasteiger partial charge in [-0.2, -0.15) is 0 Å². The lowest BCUT2D eigenvalue weighted by Crippen LogP contribution is -2.44. The Bertz CT molecular complexity index is 990. The van der Waals surface area contributed by atoms with E-state index in [1.807, 2.05) is 36.4 Å². The highest BCUT2D eigenvalue weighted by molar-refractivity contribution is 5.82. The smallest absolute Gasteiger partial charge is 0.407 e. The van der Waals surface area contributed by atoms with Crippen LogP contribution in [0.1, 0.15) is 36.3 Å². The van der Waals surface area contributed by atoms with Gasteiger partial charge in [0.05, 0.1) is 6.61 Å². The molecule has 2 amide bonds. The second kappa shape index (κ2) is 10.0. The molecule has 2 aromatic rings. The van der Waals surface area contributed by atoms with E-state index in [0.717, 1.165) is 40.0 Å². The van der Waals surface area contributed by atoms with E-state index in [1.165, 1.54) is 0 Å². The van der Waals surface area contributed by atoms with Crippen LogP contribution in [0.2, 0.25) is 0 Å². The van der Waals surface area contributed by atoms with Gasteiger partial charge in [0, 0.05) is 24.9 Å². The van der Waals surface area contributed by atoms with Gasteiger partial charge in [0.2, 0.25) is 5.91 Å². The Hall–Kier alpha value is -3.39. The lowest BCUT2D eigenvalue weighted by atomic mass is 9.98. The lowest BCUT2D eigenvalue weighted by Gasteiger charge is -2.24. The molecule has 0 bridgehead atoms. The molecule has 1 atom stereocenters. The highest BCUT2D eigenvalue weighted by Crippen LogP contribution is 2.44. The molecular weight excluding hydrogens is 424 g/mol. The van der Waals surface area contributed by atoms with Crippen molar-refractivity contribution in [2.75, 3.05) is 26.3 Å². The van der Waals surface area contributed by atoms with E-state index in [2.05, 4.69) is 17.4 Å². The number of aliphatic hydroxyl groups excluding tert-OH is 1. The van der Waals surface area contributed by atoms with Crippen LogP contribution in [0, 0.1) is 5.92 Å². The maximum Gasteiger partial charge on any atom is 0.407 e. The number of nitrogens with one attached hydrogen (secondary N) is 1. The first-order valence-corrected chi connectivity index (χ1v) is 11.2. The van der Waals surface area contributed by atoms with Crippen molar-refractivity contribution in [1.82, 2.24) is 10.2 Å². The normalized spacial score (nSPS) is 15.3. The van der Waals surface area contributed by atoms with Gasteiger partial charge in [-0.15, -0.1) is 0 Å². The molecule has 4 rings (SSSR count). The van der Waals surface area contributed by atoms with Crippen molar-refractivity contribution in [2.45, 2.75) is 31.2 Å². The molecule has 33 heavy (non-hydrogen) atoms. The zero-order valence-electron chi connectivity index (χ0n) is 18.3. The summed E-state index contributed by atoms with van der Waals surface area (Å²) in [4.78, 5) is 37.3. The molecule has 3 N–H and O–H groups in total. The zero-order chi connectivity index (χ0) is 23.4. The number of hydrogen-bond donors (Lipinski definition) is 3. The van der Waals surface area contributed by atoms with Gasteiger partial charge in [-0.1, -0.05) is 48.5 Å². The van der Waals surface area contributed by atoms with E-state index in [0.29, 0.717) is 0 Å². The first kappa shape index (κ1) is 22.8. The number of amides is 2. The number of alkyl carbamates (subject to hydrolysis) is 1. The summed E-state index contributed by atoms with van der Waals surface area (Å²) in [5.41, 5.74) is 4.53. The molecule has 0 aliphatic heterocycles. The van der Waals surface area contributed by atoms with E-state index in [9.17, 15) is 14.4 Å². The molecule has 0 heterocycles. The van der Waals surface area contributed by atoms with E-state index >= 15 is 0 Å². The molecule has 8 heteroatoms. The Balaban J connectivity index is 1.37. The molecule has 174 valence electrons. The van der Waals surface area contributed by atoms with Crippen LogP contribution in [-0.4, -0.2) is 65.4 Å². The minimum absolute atomic E-state index is 0.0257. The van der Waals surface area contributed by atoms with Crippen molar-refractivity contribution < 1.29 is 29.3 Å². The summed E-state index contributed by atoms with van der Waals surface area (Å²) in [6, 6.07) is 15.7. The molecule has 1 unspecified atom stereocenters.